The van der Waals surface area contributed by atoms with Gasteiger partial charge in [-0.05, 0) is 27.9 Å². The fourth-order valence-electron chi connectivity index (χ4n) is 1.81. The number of nitrogens with zero attached hydrogens (tertiary/aromatic N) is 4. The second kappa shape index (κ2) is 5.84. The van der Waals surface area contributed by atoms with Crippen molar-refractivity contribution in [2.24, 2.45) is 5.16 Å². The van der Waals surface area contributed by atoms with E-state index < -0.39 is 5.60 Å². The SMILES string of the molecule is CC1=NOC(C)(C(=O)Nc2nnc(CCN(C)C)s2)C1. The summed E-state index contributed by atoms with van der Waals surface area (Å²) in [5, 5.41) is 16.0. The highest BCUT2D eigenvalue weighted by molar-refractivity contribution is 7.15. The van der Waals surface area contributed by atoms with Crippen LogP contribution in [-0.4, -0.2) is 53.0 Å². The second-order valence-electron chi connectivity index (χ2n) is 5.33. The van der Waals surface area contributed by atoms with Crippen molar-refractivity contribution in [1.82, 2.24) is 15.1 Å². The van der Waals surface area contributed by atoms with Gasteiger partial charge in [-0.15, -0.1) is 10.2 Å². The number of aromatic nitrogens is 2. The van der Waals surface area contributed by atoms with Gasteiger partial charge in [-0.1, -0.05) is 16.5 Å². The van der Waals surface area contributed by atoms with Gasteiger partial charge in [-0.3, -0.25) is 10.1 Å². The van der Waals surface area contributed by atoms with Crippen LogP contribution in [0.4, 0.5) is 5.13 Å². The lowest BCUT2D eigenvalue weighted by molar-refractivity contribution is -0.135. The molecule has 1 unspecified atom stereocenters. The molecule has 110 valence electrons. The average molecular weight is 297 g/mol. The van der Waals surface area contributed by atoms with Gasteiger partial charge < -0.3 is 9.74 Å². The van der Waals surface area contributed by atoms with Crippen LogP contribution in [0.2, 0.25) is 0 Å². The number of likely N-dealkylation sites (N-methyl/N-ethyl adjacent to an activating group) is 1. The molecule has 0 spiro atoms. The molecule has 0 fully saturated rings. The topological polar surface area (TPSA) is 79.7 Å². The highest BCUT2D eigenvalue weighted by Crippen LogP contribution is 2.26. The second-order valence-corrected chi connectivity index (χ2v) is 6.40. The van der Waals surface area contributed by atoms with Gasteiger partial charge >= 0.3 is 0 Å². The zero-order valence-electron chi connectivity index (χ0n) is 12.1. The molecule has 0 saturated carbocycles. The summed E-state index contributed by atoms with van der Waals surface area (Å²) in [5.41, 5.74) is -0.133. The summed E-state index contributed by atoms with van der Waals surface area (Å²) in [5.74, 6) is -0.242. The van der Waals surface area contributed by atoms with Gasteiger partial charge in [-0.25, -0.2) is 0 Å². The molecule has 1 aliphatic rings. The maximum atomic E-state index is 12.2. The Labute approximate surface area is 122 Å². The Morgan fingerprint density at radius 1 is 1.50 bits per heavy atom. The first-order chi connectivity index (χ1) is 9.39. The number of hydrogen-bond acceptors (Lipinski definition) is 7. The molecule has 2 heterocycles. The number of rotatable bonds is 5. The van der Waals surface area contributed by atoms with E-state index in [2.05, 4.69) is 25.6 Å². The maximum absolute atomic E-state index is 12.2. The van der Waals surface area contributed by atoms with E-state index in [1.54, 1.807) is 6.92 Å². The van der Waals surface area contributed by atoms with Gasteiger partial charge in [0.2, 0.25) is 10.7 Å². The van der Waals surface area contributed by atoms with E-state index >= 15 is 0 Å². The van der Waals surface area contributed by atoms with E-state index in [1.807, 2.05) is 21.0 Å². The standard InChI is InChI=1S/C12H19N5O2S/c1-8-7-12(2,19-16-8)10(18)13-11-15-14-9(20-11)5-6-17(3)4/h5-7H2,1-4H3,(H,13,15,18). The highest BCUT2D eigenvalue weighted by atomic mass is 32.1. The summed E-state index contributed by atoms with van der Waals surface area (Å²) in [4.78, 5) is 19.5. The van der Waals surface area contributed by atoms with Crippen LogP contribution in [0.15, 0.2) is 5.16 Å². The third-order valence-corrected chi connectivity index (χ3v) is 3.84. The average Bonchev–Trinajstić information content (AvgIpc) is 2.95. The molecule has 1 atom stereocenters. The highest BCUT2D eigenvalue weighted by Gasteiger charge is 2.41. The van der Waals surface area contributed by atoms with Crippen LogP contribution in [0.25, 0.3) is 0 Å². The molecule has 20 heavy (non-hydrogen) atoms. The predicted octanol–water partition coefficient (Wildman–Crippen LogP) is 1.14. The van der Waals surface area contributed by atoms with Crippen LogP contribution in [0.1, 0.15) is 25.3 Å². The summed E-state index contributed by atoms with van der Waals surface area (Å²) < 4.78 is 0. The first-order valence-corrected chi connectivity index (χ1v) is 7.21. The van der Waals surface area contributed by atoms with Crippen molar-refractivity contribution >= 4 is 28.1 Å². The smallest absolute Gasteiger partial charge is 0.273 e. The number of amides is 1. The van der Waals surface area contributed by atoms with Crippen molar-refractivity contribution < 1.29 is 9.63 Å². The monoisotopic (exact) mass is 297 g/mol. The van der Waals surface area contributed by atoms with Gasteiger partial charge in [0.1, 0.15) is 5.01 Å². The van der Waals surface area contributed by atoms with Crippen molar-refractivity contribution in [2.45, 2.75) is 32.3 Å². The lowest BCUT2D eigenvalue weighted by atomic mass is 10.00. The minimum atomic E-state index is -0.945. The van der Waals surface area contributed by atoms with Crippen LogP contribution in [0.3, 0.4) is 0 Å². The third-order valence-electron chi connectivity index (χ3n) is 2.94. The predicted molar refractivity (Wildman–Crippen MR) is 78.0 cm³/mol. The van der Waals surface area contributed by atoms with Crippen LogP contribution in [0.5, 0.6) is 0 Å². The minimum Gasteiger partial charge on any atom is -0.379 e. The van der Waals surface area contributed by atoms with E-state index in [0.29, 0.717) is 11.6 Å². The fourth-order valence-corrected chi connectivity index (χ4v) is 2.53. The molecule has 1 N–H and O–H groups in total. The first-order valence-electron chi connectivity index (χ1n) is 6.39. The molecule has 0 aliphatic carbocycles. The molecule has 0 aromatic carbocycles. The number of nitrogens with one attached hydrogen (secondary N) is 1. The molecule has 1 amide bonds. The summed E-state index contributed by atoms with van der Waals surface area (Å²) >= 11 is 1.39. The van der Waals surface area contributed by atoms with Crippen LogP contribution in [-0.2, 0) is 16.1 Å². The molecule has 0 bridgehead atoms. The summed E-state index contributed by atoms with van der Waals surface area (Å²) in [6.45, 7) is 4.45. The number of carbonyl (C=O) groups excluding carboxylic acids is 1. The summed E-state index contributed by atoms with van der Waals surface area (Å²) in [6, 6.07) is 0. The number of oxime groups is 1. The van der Waals surface area contributed by atoms with Crippen molar-refractivity contribution in [3.63, 3.8) is 0 Å². The Morgan fingerprint density at radius 3 is 2.85 bits per heavy atom. The Bertz CT molecular complexity index is 528. The van der Waals surface area contributed by atoms with Gasteiger partial charge in [0.15, 0.2) is 0 Å². The molecule has 1 aromatic rings. The molecule has 1 aromatic heterocycles. The van der Waals surface area contributed by atoms with Gasteiger partial charge in [0.25, 0.3) is 5.91 Å². The van der Waals surface area contributed by atoms with Crippen LogP contribution < -0.4 is 5.32 Å². The summed E-state index contributed by atoms with van der Waals surface area (Å²) in [6.07, 6.45) is 1.31. The number of anilines is 1. The largest absolute Gasteiger partial charge is 0.379 e. The Hall–Kier alpha value is -1.54. The number of hydrogen-bond donors (Lipinski definition) is 1. The van der Waals surface area contributed by atoms with E-state index in [4.69, 9.17) is 4.84 Å². The third kappa shape index (κ3) is 3.51. The Morgan fingerprint density at radius 2 is 2.25 bits per heavy atom. The zero-order valence-corrected chi connectivity index (χ0v) is 13.0. The van der Waals surface area contributed by atoms with E-state index in [0.717, 1.165) is 23.7 Å². The van der Waals surface area contributed by atoms with Gasteiger partial charge in [0, 0.05) is 19.4 Å². The quantitative estimate of drug-likeness (QED) is 0.881. The van der Waals surface area contributed by atoms with E-state index in [1.165, 1.54) is 11.3 Å². The van der Waals surface area contributed by atoms with Crippen molar-refractivity contribution in [1.29, 1.82) is 0 Å². The maximum Gasteiger partial charge on any atom is 0.273 e. The van der Waals surface area contributed by atoms with Crippen molar-refractivity contribution in [3.05, 3.63) is 5.01 Å². The van der Waals surface area contributed by atoms with E-state index in [-0.39, 0.29) is 5.91 Å². The van der Waals surface area contributed by atoms with E-state index in [9.17, 15) is 4.79 Å². The molecule has 1 aliphatic heterocycles. The molecule has 0 saturated heterocycles. The van der Waals surface area contributed by atoms with Crippen LogP contribution in [0, 0.1) is 0 Å². The fraction of sp³-hybridized carbons (Fsp3) is 0.667. The van der Waals surface area contributed by atoms with Gasteiger partial charge in [-0.2, -0.15) is 0 Å². The lowest BCUT2D eigenvalue weighted by Crippen LogP contribution is -2.40. The van der Waals surface area contributed by atoms with Crippen molar-refractivity contribution in [3.8, 4) is 0 Å². The molecule has 0 radical (unpaired) electrons. The number of carbonyl (C=O) groups is 1. The van der Waals surface area contributed by atoms with Crippen molar-refractivity contribution in [2.75, 3.05) is 26.0 Å². The summed E-state index contributed by atoms with van der Waals surface area (Å²) in [7, 11) is 4.01. The molecular formula is C12H19N5O2S. The Kier molecular flexibility index (Phi) is 4.34. The molecule has 8 heteroatoms. The zero-order chi connectivity index (χ0) is 14.8. The molecule has 2 rings (SSSR count). The Balaban J connectivity index is 1.92. The minimum absolute atomic E-state index is 0.242. The molecule has 7 nitrogen and oxygen atoms in total. The normalized spacial score (nSPS) is 21.8. The first kappa shape index (κ1) is 14.9. The molecular weight excluding hydrogens is 278 g/mol. The van der Waals surface area contributed by atoms with Gasteiger partial charge in [0.05, 0.1) is 5.71 Å². The lowest BCUT2D eigenvalue weighted by Gasteiger charge is -2.18. The van der Waals surface area contributed by atoms with Crippen LogP contribution >= 0.6 is 11.3 Å².